The molecule has 0 fully saturated rings. The van der Waals surface area contributed by atoms with E-state index in [1.54, 1.807) is 10.4 Å². The quantitative estimate of drug-likeness (QED) is 0.213. The van der Waals surface area contributed by atoms with Crippen LogP contribution in [0.15, 0.2) is 48.5 Å². The Morgan fingerprint density at radius 1 is 0.676 bits per heavy atom. The van der Waals surface area contributed by atoms with E-state index in [1.807, 2.05) is 11.8 Å². The molecule has 0 saturated heterocycles. The molecule has 0 heterocycles. The lowest BCUT2D eigenvalue weighted by Gasteiger charge is -2.38. The second kappa shape index (κ2) is 11.8. The summed E-state index contributed by atoms with van der Waals surface area (Å²) < 4.78 is 0. The smallest absolute Gasteiger partial charge is 0.0859 e. The van der Waals surface area contributed by atoms with Gasteiger partial charge in [-0.15, -0.1) is 0 Å². The summed E-state index contributed by atoms with van der Waals surface area (Å²) in [5, 5.41) is 10.6. The first-order valence-electron chi connectivity index (χ1n) is 12.8. The van der Waals surface area contributed by atoms with E-state index in [1.165, 1.54) is 22.5 Å². The maximum Gasteiger partial charge on any atom is 0.0859 e. The number of hydrogen-bond donors (Lipinski definition) is 1. The minimum atomic E-state index is -1.51. The van der Waals surface area contributed by atoms with E-state index in [-0.39, 0.29) is 7.92 Å². The van der Waals surface area contributed by atoms with Crippen LogP contribution in [0.2, 0.25) is 36.3 Å². The molecule has 1 nitrogen and oxygen atoms in total. The average molecular weight is 532 g/mol. The van der Waals surface area contributed by atoms with Gasteiger partial charge in [0.25, 0.3) is 0 Å². The number of nitrogens with one attached hydrogen (secondary N) is 1. The van der Waals surface area contributed by atoms with Gasteiger partial charge >= 0.3 is 0 Å². The van der Waals surface area contributed by atoms with Gasteiger partial charge in [0.05, 0.1) is 16.1 Å². The zero-order chi connectivity index (χ0) is 25.8. The largest absolute Gasteiger partial charge is 0.316 e. The summed E-state index contributed by atoms with van der Waals surface area (Å²) in [5.74, 6) is 1.18. The summed E-state index contributed by atoms with van der Waals surface area (Å²) in [5.41, 5.74) is 0. The van der Waals surface area contributed by atoms with E-state index in [9.17, 15) is 0 Å². The van der Waals surface area contributed by atoms with E-state index >= 15 is 0 Å². The van der Waals surface area contributed by atoms with E-state index in [0.717, 1.165) is 13.1 Å². The minimum absolute atomic E-state index is 0.361. The molecule has 0 aliphatic rings. The summed E-state index contributed by atoms with van der Waals surface area (Å²) in [6, 6.07) is 19.6. The summed E-state index contributed by atoms with van der Waals surface area (Å²) in [4.78, 5) is 0. The van der Waals surface area contributed by atoms with Gasteiger partial charge < -0.3 is 5.32 Å². The predicted molar refractivity (Wildman–Crippen MR) is 169 cm³/mol. The lowest BCUT2D eigenvalue weighted by Crippen LogP contribution is -2.49. The van der Waals surface area contributed by atoms with Crippen LogP contribution in [0, 0.1) is 0 Å². The molecule has 0 unspecified atom stereocenters. The van der Waals surface area contributed by atoms with Crippen LogP contribution in [0.4, 0.5) is 0 Å². The number of thioether (sulfide) groups is 1. The zero-order valence-corrected chi connectivity index (χ0v) is 27.5. The topological polar surface area (TPSA) is 12.0 Å². The van der Waals surface area contributed by atoms with Gasteiger partial charge in [0.2, 0.25) is 0 Å². The third-order valence-electron chi connectivity index (χ3n) is 8.55. The second-order valence-corrected chi connectivity index (χ2v) is 26.7. The fourth-order valence-corrected chi connectivity index (χ4v) is 10.2. The number of hydrogen-bond acceptors (Lipinski definition) is 2. The molecule has 0 amide bonds. The Morgan fingerprint density at radius 2 is 1.06 bits per heavy atom. The fourth-order valence-electron chi connectivity index (χ4n) is 3.88. The first-order valence-corrected chi connectivity index (χ1v) is 21.7. The predicted octanol–water partition coefficient (Wildman–Crippen LogP) is 6.50. The Morgan fingerprint density at radius 3 is 1.38 bits per heavy atom. The normalized spacial score (nSPS) is 13.5. The molecule has 0 atom stereocenters. The first kappa shape index (κ1) is 29.8. The highest BCUT2D eigenvalue weighted by molar-refractivity contribution is 7.98. The summed E-state index contributed by atoms with van der Waals surface area (Å²) >= 11 is 1.92. The second-order valence-electron chi connectivity index (χ2n) is 12.7. The first-order chi connectivity index (χ1) is 15.6. The molecule has 0 radical (unpaired) electrons. The van der Waals surface area contributed by atoms with Gasteiger partial charge in [0, 0.05) is 12.3 Å². The highest BCUT2D eigenvalue weighted by atomic mass is 32.2. The van der Waals surface area contributed by atoms with Crippen molar-refractivity contribution in [3.8, 4) is 0 Å². The summed E-state index contributed by atoms with van der Waals surface area (Å²) in [6.45, 7) is 26.7. The summed E-state index contributed by atoms with van der Waals surface area (Å²) in [6.07, 6.45) is 3.38. The number of benzene rings is 2. The Kier molecular flexibility index (Phi) is 10.3. The molecule has 2 aromatic carbocycles. The highest BCUT2D eigenvalue weighted by Crippen LogP contribution is 2.38. The van der Waals surface area contributed by atoms with Crippen LogP contribution in [-0.4, -0.2) is 47.4 Å². The highest BCUT2D eigenvalue weighted by Gasteiger charge is 2.37. The van der Waals surface area contributed by atoms with Crippen LogP contribution >= 0.6 is 19.7 Å². The molecular formula is C29H50NPSSi2. The molecule has 0 saturated carbocycles. The average Bonchev–Trinajstić information content (AvgIpc) is 2.75. The van der Waals surface area contributed by atoms with Crippen LogP contribution in [0.5, 0.6) is 0 Å². The molecule has 0 aliphatic heterocycles. The van der Waals surface area contributed by atoms with Gasteiger partial charge in [-0.25, -0.2) is 0 Å². The maximum absolute atomic E-state index is 3.68. The molecule has 34 heavy (non-hydrogen) atoms. The van der Waals surface area contributed by atoms with Crippen molar-refractivity contribution in [3.63, 3.8) is 0 Å². The molecule has 2 rings (SSSR count). The third kappa shape index (κ3) is 7.10. The summed E-state index contributed by atoms with van der Waals surface area (Å²) in [7, 11) is -3.38. The Labute approximate surface area is 219 Å². The van der Waals surface area contributed by atoms with Gasteiger partial charge in [-0.05, 0) is 47.6 Å². The zero-order valence-electron chi connectivity index (χ0n) is 23.8. The van der Waals surface area contributed by atoms with Gasteiger partial charge in [-0.1, -0.05) is 127 Å². The van der Waals surface area contributed by atoms with E-state index < -0.39 is 16.1 Å². The molecule has 0 spiro atoms. The molecule has 0 aliphatic carbocycles. The van der Waals surface area contributed by atoms with Crippen LogP contribution in [0.25, 0.3) is 0 Å². The molecule has 1 N–H and O–H groups in total. The molecular weight excluding hydrogens is 482 g/mol. The van der Waals surface area contributed by atoms with Crippen molar-refractivity contribution in [2.24, 2.45) is 0 Å². The third-order valence-corrected chi connectivity index (χ3v) is 22.7. The monoisotopic (exact) mass is 531 g/mol. The standard InChI is InChI=1S/C29H50NPSSi2/c1-28(2,3)33(8,9)26-16-12-24(13-17-26)31(22-20-30-21-23-32-7)25-14-18-27(19-15-25)34(10,11)29(4,5)6/h12-19,30H,20-23H2,1-11H3. The molecule has 2 aromatic rings. The van der Waals surface area contributed by atoms with E-state index in [2.05, 4.69) is 128 Å². The van der Waals surface area contributed by atoms with Crippen LogP contribution in [0.1, 0.15) is 41.5 Å². The van der Waals surface area contributed by atoms with Gasteiger partial charge in [0.1, 0.15) is 0 Å². The lowest BCUT2D eigenvalue weighted by molar-refractivity contribution is 0.729. The minimum Gasteiger partial charge on any atom is -0.316 e. The van der Waals surface area contributed by atoms with Crippen molar-refractivity contribution < 1.29 is 0 Å². The van der Waals surface area contributed by atoms with Crippen LogP contribution in [-0.2, 0) is 0 Å². The Bertz CT molecular complexity index is 824. The van der Waals surface area contributed by atoms with Crippen molar-refractivity contribution in [3.05, 3.63) is 48.5 Å². The molecule has 0 bridgehead atoms. The van der Waals surface area contributed by atoms with Gasteiger partial charge in [0.15, 0.2) is 0 Å². The Balaban J connectivity index is 2.35. The van der Waals surface area contributed by atoms with E-state index in [4.69, 9.17) is 0 Å². The fraction of sp³-hybridized carbons (Fsp3) is 0.586. The van der Waals surface area contributed by atoms with Crippen molar-refractivity contribution in [2.45, 2.75) is 77.8 Å². The molecule has 190 valence electrons. The van der Waals surface area contributed by atoms with E-state index in [0.29, 0.717) is 10.1 Å². The van der Waals surface area contributed by atoms with Gasteiger partial charge in [-0.2, -0.15) is 11.8 Å². The molecule has 5 heteroatoms. The lowest BCUT2D eigenvalue weighted by atomic mass is 10.2. The van der Waals surface area contributed by atoms with Crippen molar-refractivity contribution in [1.29, 1.82) is 0 Å². The van der Waals surface area contributed by atoms with Crippen LogP contribution < -0.4 is 26.3 Å². The number of rotatable bonds is 10. The van der Waals surface area contributed by atoms with Gasteiger partial charge in [-0.3, -0.25) is 0 Å². The van der Waals surface area contributed by atoms with Crippen molar-refractivity contribution in [2.75, 3.05) is 31.3 Å². The SMILES string of the molecule is CSCCNCCP(c1ccc([Si](C)(C)C(C)(C)C)cc1)c1ccc([Si](C)(C)C(C)(C)C)cc1. The molecule has 0 aromatic heterocycles. The van der Waals surface area contributed by atoms with Crippen molar-refractivity contribution in [1.82, 2.24) is 5.32 Å². The Hall–Kier alpha value is -0.386. The maximum atomic E-state index is 3.68. The van der Waals surface area contributed by atoms with Crippen molar-refractivity contribution >= 4 is 56.8 Å². The van der Waals surface area contributed by atoms with Crippen LogP contribution in [0.3, 0.4) is 0 Å².